The summed E-state index contributed by atoms with van der Waals surface area (Å²) in [6.07, 6.45) is 6.50. The molecular weight excluding hydrogens is 246 g/mol. The number of phenolic OH excluding ortho intramolecular Hbond substituents is 1. The fourth-order valence-corrected chi connectivity index (χ4v) is 3.35. The maximum Gasteiger partial charge on any atom is 0.123 e. The molecule has 0 amide bonds. The van der Waals surface area contributed by atoms with E-state index in [1.165, 1.54) is 32.1 Å². The maximum atomic E-state index is 9.94. The van der Waals surface area contributed by atoms with E-state index in [0.29, 0.717) is 11.8 Å². The highest BCUT2D eigenvalue weighted by Gasteiger charge is 2.20. The van der Waals surface area contributed by atoms with E-state index in [1.807, 2.05) is 18.2 Å². The smallest absolute Gasteiger partial charge is 0.123 e. The zero-order valence-corrected chi connectivity index (χ0v) is 12.1. The van der Waals surface area contributed by atoms with Crippen LogP contribution in [-0.2, 0) is 0 Å². The van der Waals surface area contributed by atoms with Gasteiger partial charge in [0.25, 0.3) is 0 Å². The number of benzene rings is 2. The summed E-state index contributed by atoms with van der Waals surface area (Å²) in [5.41, 5.74) is 1.15. The zero-order chi connectivity index (χ0) is 13.9. The molecule has 0 radical (unpaired) electrons. The SMILES string of the molecule is CCC1CCC(Nc2cccc3c(O)cccc23)CC1. The molecule has 2 N–H and O–H groups in total. The molecular formula is C18H23NO. The van der Waals surface area contributed by atoms with Crippen molar-refractivity contribution in [3.8, 4) is 5.75 Å². The topological polar surface area (TPSA) is 32.3 Å². The summed E-state index contributed by atoms with van der Waals surface area (Å²) in [4.78, 5) is 0. The molecule has 2 aromatic rings. The first-order chi connectivity index (χ1) is 9.78. The summed E-state index contributed by atoms with van der Waals surface area (Å²) in [7, 11) is 0. The fourth-order valence-electron chi connectivity index (χ4n) is 3.35. The normalized spacial score (nSPS) is 22.9. The first-order valence-corrected chi connectivity index (χ1v) is 7.75. The molecule has 2 aromatic carbocycles. The van der Waals surface area contributed by atoms with Crippen molar-refractivity contribution in [3.05, 3.63) is 36.4 Å². The minimum absolute atomic E-state index is 0.362. The Balaban J connectivity index is 1.80. The Hall–Kier alpha value is -1.70. The van der Waals surface area contributed by atoms with Crippen molar-refractivity contribution < 1.29 is 5.11 Å². The zero-order valence-electron chi connectivity index (χ0n) is 12.1. The van der Waals surface area contributed by atoms with E-state index >= 15 is 0 Å². The molecule has 0 atom stereocenters. The molecule has 0 unspecified atom stereocenters. The van der Waals surface area contributed by atoms with Gasteiger partial charge in [0.1, 0.15) is 5.75 Å². The monoisotopic (exact) mass is 269 g/mol. The van der Waals surface area contributed by atoms with Crippen molar-refractivity contribution in [2.24, 2.45) is 5.92 Å². The van der Waals surface area contributed by atoms with Gasteiger partial charge in [-0.2, -0.15) is 0 Å². The number of fused-ring (bicyclic) bond motifs is 1. The second-order valence-corrected chi connectivity index (χ2v) is 5.95. The van der Waals surface area contributed by atoms with Crippen LogP contribution in [0.1, 0.15) is 39.0 Å². The van der Waals surface area contributed by atoms with Gasteiger partial charge in [0, 0.05) is 22.5 Å². The number of hydrogen-bond donors (Lipinski definition) is 2. The van der Waals surface area contributed by atoms with Crippen LogP contribution in [0.3, 0.4) is 0 Å². The number of phenols is 1. The van der Waals surface area contributed by atoms with Crippen LogP contribution in [0.4, 0.5) is 5.69 Å². The lowest BCUT2D eigenvalue weighted by molar-refractivity contribution is 0.330. The highest BCUT2D eigenvalue weighted by atomic mass is 16.3. The number of anilines is 1. The number of hydrogen-bond acceptors (Lipinski definition) is 2. The number of nitrogens with one attached hydrogen (secondary N) is 1. The lowest BCUT2D eigenvalue weighted by atomic mass is 9.84. The Bertz CT molecular complexity index is 585. The van der Waals surface area contributed by atoms with Crippen LogP contribution in [0.5, 0.6) is 5.75 Å². The van der Waals surface area contributed by atoms with Crippen molar-refractivity contribution in [2.45, 2.75) is 45.1 Å². The molecule has 2 nitrogen and oxygen atoms in total. The Kier molecular flexibility index (Phi) is 3.81. The van der Waals surface area contributed by atoms with Gasteiger partial charge in [0.15, 0.2) is 0 Å². The first-order valence-electron chi connectivity index (χ1n) is 7.75. The summed E-state index contributed by atoms with van der Waals surface area (Å²) < 4.78 is 0. The van der Waals surface area contributed by atoms with Gasteiger partial charge in [-0.05, 0) is 43.7 Å². The van der Waals surface area contributed by atoms with Crippen molar-refractivity contribution >= 4 is 16.5 Å². The first kappa shape index (κ1) is 13.3. The molecule has 1 aliphatic carbocycles. The third-order valence-electron chi connectivity index (χ3n) is 4.68. The standard InChI is InChI=1S/C18H23NO/c1-2-13-9-11-14(12-10-13)19-17-7-3-6-16-15(17)5-4-8-18(16)20/h3-8,13-14,19-20H,2,9-12H2,1H3. The third-order valence-corrected chi connectivity index (χ3v) is 4.68. The Labute approximate surface area is 120 Å². The van der Waals surface area contributed by atoms with Gasteiger partial charge in [-0.1, -0.05) is 37.6 Å². The minimum Gasteiger partial charge on any atom is -0.507 e. The molecule has 0 aliphatic heterocycles. The quantitative estimate of drug-likeness (QED) is 0.828. The fraction of sp³-hybridized carbons (Fsp3) is 0.444. The number of rotatable bonds is 3. The van der Waals surface area contributed by atoms with E-state index < -0.39 is 0 Å². The molecule has 1 saturated carbocycles. The summed E-state index contributed by atoms with van der Waals surface area (Å²) >= 11 is 0. The van der Waals surface area contributed by atoms with Gasteiger partial charge >= 0.3 is 0 Å². The molecule has 0 heterocycles. The van der Waals surface area contributed by atoms with Gasteiger partial charge in [-0.25, -0.2) is 0 Å². The lowest BCUT2D eigenvalue weighted by Crippen LogP contribution is -2.25. The molecule has 0 aromatic heterocycles. The largest absolute Gasteiger partial charge is 0.507 e. The van der Waals surface area contributed by atoms with E-state index in [2.05, 4.69) is 24.4 Å². The molecule has 2 heteroatoms. The van der Waals surface area contributed by atoms with Crippen molar-refractivity contribution in [3.63, 3.8) is 0 Å². The lowest BCUT2D eigenvalue weighted by Gasteiger charge is -2.29. The highest BCUT2D eigenvalue weighted by molar-refractivity contribution is 5.97. The average molecular weight is 269 g/mol. The van der Waals surface area contributed by atoms with Crippen LogP contribution in [0.15, 0.2) is 36.4 Å². The van der Waals surface area contributed by atoms with Gasteiger partial charge in [0.05, 0.1) is 0 Å². The van der Waals surface area contributed by atoms with Crippen LogP contribution in [-0.4, -0.2) is 11.1 Å². The Morgan fingerprint density at radius 3 is 2.45 bits per heavy atom. The molecule has 1 fully saturated rings. The molecule has 106 valence electrons. The third kappa shape index (κ3) is 2.60. The Morgan fingerprint density at radius 1 is 1.00 bits per heavy atom. The summed E-state index contributed by atoms with van der Waals surface area (Å²) in [6.45, 7) is 2.30. The summed E-state index contributed by atoms with van der Waals surface area (Å²) in [5, 5.41) is 15.7. The van der Waals surface area contributed by atoms with Crippen LogP contribution < -0.4 is 5.32 Å². The van der Waals surface area contributed by atoms with Crippen LogP contribution in [0, 0.1) is 5.92 Å². The van der Waals surface area contributed by atoms with E-state index in [9.17, 15) is 5.11 Å². The minimum atomic E-state index is 0.362. The van der Waals surface area contributed by atoms with E-state index in [4.69, 9.17) is 0 Å². The van der Waals surface area contributed by atoms with Gasteiger partial charge in [0.2, 0.25) is 0 Å². The Morgan fingerprint density at radius 2 is 1.70 bits per heavy atom. The molecule has 1 aliphatic rings. The molecule has 3 rings (SSSR count). The second-order valence-electron chi connectivity index (χ2n) is 5.95. The molecule has 20 heavy (non-hydrogen) atoms. The van der Waals surface area contributed by atoms with E-state index in [-0.39, 0.29) is 0 Å². The average Bonchev–Trinajstić information content (AvgIpc) is 2.49. The van der Waals surface area contributed by atoms with Crippen LogP contribution >= 0.6 is 0 Å². The molecule has 0 saturated heterocycles. The van der Waals surface area contributed by atoms with Crippen LogP contribution in [0.25, 0.3) is 10.8 Å². The summed E-state index contributed by atoms with van der Waals surface area (Å²) in [6, 6.07) is 12.4. The van der Waals surface area contributed by atoms with Gasteiger partial charge in [-0.15, -0.1) is 0 Å². The van der Waals surface area contributed by atoms with Crippen LogP contribution in [0.2, 0.25) is 0 Å². The predicted octanol–water partition coefficient (Wildman–Crippen LogP) is 4.93. The predicted molar refractivity (Wildman–Crippen MR) is 85.3 cm³/mol. The highest BCUT2D eigenvalue weighted by Crippen LogP contribution is 2.33. The van der Waals surface area contributed by atoms with E-state index in [0.717, 1.165) is 22.4 Å². The van der Waals surface area contributed by atoms with Crippen molar-refractivity contribution in [2.75, 3.05) is 5.32 Å². The molecule has 0 bridgehead atoms. The van der Waals surface area contributed by atoms with Gasteiger partial charge in [-0.3, -0.25) is 0 Å². The second kappa shape index (κ2) is 5.74. The maximum absolute atomic E-state index is 9.94. The van der Waals surface area contributed by atoms with Crippen molar-refractivity contribution in [1.29, 1.82) is 0 Å². The van der Waals surface area contributed by atoms with Gasteiger partial charge < -0.3 is 10.4 Å². The van der Waals surface area contributed by atoms with E-state index in [1.54, 1.807) is 6.07 Å². The number of aromatic hydroxyl groups is 1. The van der Waals surface area contributed by atoms with Crippen molar-refractivity contribution in [1.82, 2.24) is 0 Å². The summed E-state index contributed by atoms with van der Waals surface area (Å²) in [5.74, 6) is 1.28. The molecule has 0 spiro atoms.